The van der Waals surface area contributed by atoms with Crippen LogP contribution in [-0.4, -0.2) is 25.0 Å². The molecule has 2 heterocycles. The van der Waals surface area contributed by atoms with E-state index in [4.69, 9.17) is 17.0 Å². The van der Waals surface area contributed by atoms with Gasteiger partial charge in [0, 0.05) is 38.1 Å². The molecule has 0 spiro atoms. The lowest BCUT2D eigenvalue weighted by molar-refractivity contribution is -0.116. The summed E-state index contributed by atoms with van der Waals surface area (Å²) in [6, 6.07) is 14.2. The Labute approximate surface area is 183 Å². The standard InChI is InChI=1S/C22H21N5O3S/c1-26-13-11-23-19(26)14-30-16-8-6-15(7-9-16)24-20(28)10-12-27-21(29)17-4-2-3-5-18(17)25-22(27)31/h2-9,11,13H,10,12,14H2,1H3,(H,24,28)(H,25,31). The van der Waals surface area contributed by atoms with Crippen LogP contribution in [0.2, 0.25) is 0 Å². The van der Waals surface area contributed by atoms with Crippen molar-refractivity contribution in [1.29, 1.82) is 0 Å². The highest BCUT2D eigenvalue weighted by Gasteiger charge is 2.09. The van der Waals surface area contributed by atoms with E-state index < -0.39 is 0 Å². The molecule has 0 radical (unpaired) electrons. The lowest BCUT2D eigenvalue weighted by Gasteiger charge is -2.10. The van der Waals surface area contributed by atoms with Gasteiger partial charge in [-0.3, -0.25) is 14.2 Å². The molecule has 2 N–H and O–H groups in total. The van der Waals surface area contributed by atoms with Crippen LogP contribution in [0.1, 0.15) is 12.2 Å². The number of aromatic amines is 1. The second-order valence-electron chi connectivity index (χ2n) is 7.00. The van der Waals surface area contributed by atoms with Gasteiger partial charge < -0.3 is 19.6 Å². The van der Waals surface area contributed by atoms with Crippen molar-refractivity contribution in [3.05, 3.63) is 81.9 Å². The van der Waals surface area contributed by atoms with Crippen LogP contribution in [0.25, 0.3) is 10.9 Å². The van der Waals surface area contributed by atoms with Gasteiger partial charge in [0.1, 0.15) is 18.2 Å². The van der Waals surface area contributed by atoms with Gasteiger partial charge in [-0.25, -0.2) is 4.98 Å². The van der Waals surface area contributed by atoms with Crippen molar-refractivity contribution in [1.82, 2.24) is 19.1 Å². The highest BCUT2D eigenvalue weighted by molar-refractivity contribution is 7.71. The van der Waals surface area contributed by atoms with E-state index in [9.17, 15) is 9.59 Å². The molecule has 1 amide bonds. The monoisotopic (exact) mass is 435 g/mol. The summed E-state index contributed by atoms with van der Waals surface area (Å²) in [5.74, 6) is 1.28. The fourth-order valence-electron chi connectivity index (χ4n) is 3.16. The lowest BCUT2D eigenvalue weighted by atomic mass is 10.2. The number of hydrogen-bond acceptors (Lipinski definition) is 5. The van der Waals surface area contributed by atoms with Gasteiger partial charge >= 0.3 is 0 Å². The molecule has 0 bridgehead atoms. The number of rotatable bonds is 7. The zero-order chi connectivity index (χ0) is 21.8. The van der Waals surface area contributed by atoms with Crippen LogP contribution in [0, 0.1) is 4.77 Å². The topological polar surface area (TPSA) is 93.9 Å². The van der Waals surface area contributed by atoms with Gasteiger partial charge in [0.2, 0.25) is 5.91 Å². The average Bonchev–Trinajstić information content (AvgIpc) is 3.18. The molecule has 9 heteroatoms. The largest absolute Gasteiger partial charge is 0.486 e. The van der Waals surface area contributed by atoms with Crippen molar-refractivity contribution in [3.8, 4) is 5.75 Å². The summed E-state index contributed by atoms with van der Waals surface area (Å²) in [6.45, 7) is 0.547. The number of benzene rings is 2. The van der Waals surface area contributed by atoms with E-state index in [-0.39, 0.29) is 24.4 Å². The first-order valence-electron chi connectivity index (χ1n) is 9.72. The summed E-state index contributed by atoms with van der Waals surface area (Å²) in [5, 5.41) is 3.36. The van der Waals surface area contributed by atoms with Gasteiger partial charge in [-0.2, -0.15) is 0 Å². The van der Waals surface area contributed by atoms with E-state index >= 15 is 0 Å². The number of ether oxygens (including phenoxy) is 1. The minimum Gasteiger partial charge on any atom is -0.486 e. The first-order valence-corrected chi connectivity index (χ1v) is 10.1. The summed E-state index contributed by atoms with van der Waals surface area (Å²) in [5.41, 5.74) is 1.12. The van der Waals surface area contributed by atoms with Crippen LogP contribution in [0.4, 0.5) is 5.69 Å². The smallest absolute Gasteiger partial charge is 0.262 e. The fourth-order valence-corrected chi connectivity index (χ4v) is 3.44. The number of anilines is 1. The summed E-state index contributed by atoms with van der Waals surface area (Å²) >= 11 is 5.28. The number of para-hydroxylation sites is 1. The minimum absolute atomic E-state index is 0.118. The van der Waals surface area contributed by atoms with Crippen molar-refractivity contribution >= 4 is 34.7 Å². The average molecular weight is 436 g/mol. The maximum absolute atomic E-state index is 12.7. The SMILES string of the molecule is Cn1ccnc1COc1ccc(NC(=O)CCn2c(=S)[nH]c3ccccc3c2=O)cc1. The Kier molecular flexibility index (Phi) is 5.94. The molecule has 158 valence electrons. The molecule has 0 saturated heterocycles. The second kappa shape index (κ2) is 8.97. The number of carbonyl (C=O) groups is 1. The third-order valence-corrected chi connectivity index (χ3v) is 5.20. The van der Waals surface area contributed by atoms with Crippen molar-refractivity contribution < 1.29 is 9.53 Å². The number of H-pyrrole nitrogens is 1. The van der Waals surface area contributed by atoms with Gasteiger partial charge in [0.15, 0.2) is 4.77 Å². The molecule has 31 heavy (non-hydrogen) atoms. The number of carbonyl (C=O) groups excluding carboxylic acids is 1. The normalized spacial score (nSPS) is 10.9. The molecule has 0 saturated carbocycles. The molecular weight excluding hydrogens is 414 g/mol. The number of hydrogen-bond donors (Lipinski definition) is 2. The number of imidazole rings is 1. The van der Waals surface area contributed by atoms with Crippen LogP contribution in [-0.2, 0) is 25.0 Å². The van der Waals surface area contributed by atoms with Crippen LogP contribution < -0.4 is 15.6 Å². The number of aromatic nitrogens is 4. The number of aryl methyl sites for hydroxylation is 1. The summed E-state index contributed by atoms with van der Waals surface area (Å²) in [6.07, 6.45) is 3.69. The molecule has 8 nitrogen and oxygen atoms in total. The zero-order valence-electron chi connectivity index (χ0n) is 16.9. The quantitative estimate of drug-likeness (QED) is 0.434. The van der Waals surface area contributed by atoms with Crippen LogP contribution in [0.3, 0.4) is 0 Å². The fraction of sp³-hybridized carbons (Fsp3) is 0.182. The Morgan fingerprint density at radius 2 is 1.97 bits per heavy atom. The minimum atomic E-state index is -0.212. The van der Waals surface area contributed by atoms with Crippen LogP contribution >= 0.6 is 12.2 Å². The van der Waals surface area contributed by atoms with Crippen molar-refractivity contribution in [2.45, 2.75) is 19.6 Å². The third kappa shape index (κ3) is 4.72. The summed E-state index contributed by atoms with van der Waals surface area (Å²) in [4.78, 5) is 32.3. The Morgan fingerprint density at radius 1 is 1.19 bits per heavy atom. The predicted octanol–water partition coefficient (Wildman–Crippen LogP) is 3.40. The highest BCUT2D eigenvalue weighted by Crippen LogP contribution is 2.17. The van der Waals surface area contributed by atoms with E-state index in [1.807, 2.05) is 23.9 Å². The van der Waals surface area contributed by atoms with Gasteiger partial charge in [-0.1, -0.05) is 12.1 Å². The van der Waals surface area contributed by atoms with Crippen molar-refractivity contribution in [2.75, 3.05) is 5.32 Å². The van der Waals surface area contributed by atoms with E-state index in [2.05, 4.69) is 15.3 Å². The molecular formula is C22H21N5O3S. The molecule has 0 aliphatic carbocycles. The number of nitrogens with zero attached hydrogens (tertiary/aromatic N) is 3. The number of nitrogens with one attached hydrogen (secondary N) is 2. The van der Waals surface area contributed by atoms with Gasteiger partial charge in [-0.05, 0) is 48.6 Å². The van der Waals surface area contributed by atoms with Crippen LogP contribution in [0.5, 0.6) is 5.75 Å². The molecule has 0 fully saturated rings. The highest BCUT2D eigenvalue weighted by atomic mass is 32.1. The summed E-state index contributed by atoms with van der Waals surface area (Å²) in [7, 11) is 1.91. The van der Waals surface area contributed by atoms with Crippen molar-refractivity contribution in [2.24, 2.45) is 7.05 Å². The van der Waals surface area contributed by atoms with Gasteiger partial charge in [0.05, 0.1) is 10.9 Å². The van der Waals surface area contributed by atoms with E-state index in [0.29, 0.717) is 33.7 Å². The zero-order valence-corrected chi connectivity index (χ0v) is 17.7. The Hall–Kier alpha value is -3.72. The Balaban J connectivity index is 1.35. The Morgan fingerprint density at radius 3 is 2.71 bits per heavy atom. The summed E-state index contributed by atoms with van der Waals surface area (Å²) < 4.78 is 9.30. The first-order chi connectivity index (χ1) is 15.0. The maximum atomic E-state index is 12.7. The number of amides is 1. The maximum Gasteiger partial charge on any atom is 0.262 e. The number of fused-ring (bicyclic) bond motifs is 1. The van der Waals surface area contributed by atoms with E-state index in [0.717, 1.165) is 5.82 Å². The third-order valence-electron chi connectivity index (χ3n) is 4.88. The second-order valence-corrected chi connectivity index (χ2v) is 7.38. The molecule has 4 rings (SSSR count). The van der Waals surface area contributed by atoms with E-state index in [1.54, 1.807) is 48.7 Å². The first kappa shape index (κ1) is 20.5. The van der Waals surface area contributed by atoms with Crippen LogP contribution in [0.15, 0.2) is 65.7 Å². The van der Waals surface area contributed by atoms with Gasteiger partial charge in [0.25, 0.3) is 5.56 Å². The van der Waals surface area contributed by atoms with Gasteiger partial charge in [-0.15, -0.1) is 0 Å². The molecule has 2 aromatic carbocycles. The Bertz CT molecular complexity index is 1340. The lowest BCUT2D eigenvalue weighted by Crippen LogP contribution is -2.25. The van der Waals surface area contributed by atoms with E-state index in [1.165, 1.54) is 4.57 Å². The van der Waals surface area contributed by atoms with Crippen molar-refractivity contribution in [3.63, 3.8) is 0 Å². The molecule has 0 aliphatic rings. The molecule has 4 aromatic rings. The molecule has 2 aromatic heterocycles. The molecule has 0 atom stereocenters. The molecule has 0 aliphatic heterocycles. The molecule has 0 unspecified atom stereocenters. The predicted molar refractivity (Wildman–Crippen MR) is 121 cm³/mol.